The van der Waals surface area contributed by atoms with Crippen LogP contribution in [0.4, 0.5) is 0 Å². The summed E-state index contributed by atoms with van der Waals surface area (Å²) < 4.78 is 5.63. The molecule has 0 radical (unpaired) electrons. The molecule has 1 rings (SSSR count). The van der Waals surface area contributed by atoms with E-state index in [9.17, 15) is 0 Å². The first-order chi connectivity index (χ1) is 6.84. The van der Waals surface area contributed by atoms with Gasteiger partial charge in [-0.15, -0.1) is 0 Å². The van der Waals surface area contributed by atoms with Gasteiger partial charge in [-0.2, -0.15) is 0 Å². The third-order valence-corrected chi connectivity index (χ3v) is 2.84. The van der Waals surface area contributed by atoms with Crippen molar-refractivity contribution in [3.05, 3.63) is 0 Å². The standard InChI is InChI=1S/C11H24N2O/c1-11(13-7-3-4-8-13)10-14-9-5-6-12-2/h11-12H,3-10H2,1-2H3. The van der Waals surface area contributed by atoms with Crippen LogP contribution in [-0.4, -0.2) is 50.8 Å². The molecule has 3 nitrogen and oxygen atoms in total. The number of rotatable bonds is 7. The zero-order valence-corrected chi connectivity index (χ0v) is 9.59. The summed E-state index contributed by atoms with van der Waals surface area (Å²) in [4.78, 5) is 2.53. The number of nitrogens with one attached hydrogen (secondary N) is 1. The molecule has 0 saturated carbocycles. The van der Waals surface area contributed by atoms with Crippen molar-refractivity contribution in [2.75, 3.05) is 39.9 Å². The van der Waals surface area contributed by atoms with Gasteiger partial charge in [0, 0.05) is 12.6 Å². The number of ether oxygens (including phenoxy) is 1. The van der Waals surface area contributed by atoms with Crippen molar-refractivity contribution < 1.29 is 4.74 Å². The van der Waals surface area contributed by atoms with Gasteiger partial charge in [-0.3, -0.25) is 4.90 Å². The average molecular weight is 200 g/mol. The fraction of sp³-hybridized carbons (Fsp3) is 1.00. The van der Waals surface area contributed by atoms with Gasteiger partial charge in [-0.25, -0.2) is 0 Å². The largest absolute Gasteiger partial charge is 0.380 e. The van der Waals surface area contributed by atoms with E-state index < -0.39 is 0 Å². The van der Waals surface area contributed by atoms with Gasteiger partial charge in [0.05, 0.1) is 6.61 Å². The lowest BCUT2D eigenvalue weighted by Gasteiger charge is -2.23. The van der Waals surface area contributed by atoms with Gasteiger partial charge < -0.3 is 10.1 Å². The maximum Gasteiger partial charge on any atom is 0.0619 e. The van der Waals surface area contributed by atoms with Gasteiger partial charge in [0.2, 0.25) is 0 Å². The summed E-state index contributed by atoms with van der Waals surface area (Å²) in [5.74, 6) is 0. The van der Waals surface area contributed by atoms with E-state index in [1.54, 1.807) is 0 Å². The van der Waals surface area contributed by atoms with Crippen LogP contribution < -0.4 is 5.32 Å². The Morgan fingerprint density at radius 3 is 2.71 bits per heavy atom. The second-order valence-corrected chi connectivity index (χ2v) is 4.12. The summed E-state index contributed by atoms with van der Waals surface area (Å²) in [7, 11) is 1.98. The Labute approximate surface area is 87.8 Å². The van der Waals surface area contributed by atoms with Gasteiger partial charge in [-0.05, 0) is 52.9 Å². The summed E-state index contributed by atoms with van der Waals surface area (Å²) in [6, 6.07) is 0.604. The molecule has 3 heteroatoms. The summed E-state index contributed by atoms with van der Waals surface area (Å²) >= 11 is 0. The molecule has 1 fully saturated rings. The van der Waals surface area contributed by atoms with Crippen molar-refractivity contribution in [1.82, 2.24) is 10.2 Å². The Hall–Kier alpha value is -0.120. The number of nitrogens with zero attached hydrogens (tertiary/aromatic N) is 1. The van der Waals surface area contributed by atoms with Gasteiger partial charge >= 0.3 is 0 Å². The zero-order valence-electron chi connectivity index (χ0n) is 9.59. The molecule has 1 aliphatic rings. The maximum atomic E-state index is 5.63. The molecular formula is C11H24N2O. The molecule has 0 aliphatic carbocycles. The second-order valence-electron chi connectivity index (χ2n) is 4.12. The molecule has 1 heterocycles. The highest BCUT2D eigenvalue weighted by atomic mass is 16.5. The van der Waals surface area contributed by atoms with Crippen LogP contribution in [0, 0.1) is 0 Å². The summed E-state index contributed by atoms with van der Waals surface area (Å²) in [5, 5.41) is 3.12. The molecule has 0 bridgehead atoms. The number of hydrogen-bond donors (Lipinski definition) is 1. The van der Waals surface area contributed by atoms with Gasteiger partial charge in [0.25, 0.3) is 0 Å². The Morgan fingerprint density at radius 2 is 2.07 bits per heavy atom. The summed E-state index contributed by atoms with van der Waals surface area (Å²) in [6.07, 6.45) is 3.84. The van der Waals surface area contributed by atoms with Crippen molar-refractivity contribution in [3.8, 4) is 0 Å². The van der Waals surface area contributed by atoms with Crippen LogP contribution in [0.5, 0.6) is 0 Å². The fourth-order valence-corrected chi connectivity index (χ4v) is 1.89. The van der Waals surface area contributed by atoms with Crippen LogP contribution in [0.3, 0.4) is 0 Å². The van der Waals surface area contributed by atoms with Crippen LogP contribution in [0.2, 0.25) is 0 Å². The van der Waals surface area contributed by atoms with Crippen molar-refractivity contribution >= 4 is 0 Å². The van der Waals surface area contributed by atoms with E-state index >= 15 is 0 Å². The van der Waals surface area contributed by atoms with E-state index in [1.807, 2.05) is 7.05 Å². The van der Waals surface area contributed by atoms with E-state index in [2.05, 4.69) is 17.1 Å². The Bertz CT molecular complexity index is 135. The highest BCUT2D eigenvalue weighted by Gasteiger charge is 2.17. The first-order valence-corrected chi connectivity index (χ1v) is 5.81. The molecule has 84 valence electrons. The highest BCUT2D eigenvalue weighted by molar-refractivity contribution is 4.72. The minimum Gasteiger partial charge on any atom is -0.380 e. The first kappa shape index (κ1) is 12.0. The van der Waals surface area contributed by atoms with Crippen molar-refractivity contribution in [1.29, 1.82) is 0 Å². The lowest BCUT2D eigenvalue weighted by Crippen LogP contribution is -2.34. The van der Waals surface area contributed by atoms with Crippen molar-refractivity contribution in [2.24, 2.45) is 0 Å². The van der Waals surface area contributed by atoms with E-state index in [-0.39, 0.29) is 0 Å². The predicted octanol–water partition coefficient (Wildman–Crippen LogP) is 1.10. The average Bonchev–Trinajstić information content (AvgIpc) is 2.70. The molecule has 0 aromatic heterocycles. The van der Waals surface area contributed by atoms with Gasteiger partial charge in [-0.1, -0.05) is 0 Å². The second kappa shape index (κ2) is 7.21. The lowest BCUT2D eigenvalue weighted by atomic mass is 10.3. The molecule has 0 aromatic carbocycles. The van der Waals surface area contributed by atoms with Crippen LogP contribution in [0.25, 0.3) is 0 Å². The topological polar surface area (TPSA) is 24.5 Å². The Balaban J connectivity index is 1.94. The quantitative estimate of drug-likeness (QED) is 0.623. The van der Waals surface area contributed by atoms with E-state index in [0.29, 0.717) is 6.04 Å². The molecule has 0 amide bonds. The maximum absolute atomic E-state index is 5.63. The number of likely N-dealkylation sites (tertiary alicyclic amines) is 1. The smallest absolute Gasteiger partial charge is 0.0619 e. The molecule has 1 N–H and O–H groups in total. The van der Waals surface area contributed by atoms with Crippen LogP contribution >= 0.6 is 0 Å². The predicted molar refractivity (Wildman–Crippen MR) is 59.6 cm³/mol. The Kier molecular flexibility index (Phi) is 6.15. The van der Waals surface area contributed by atoms with Crippen molar-refractivity contribution in [3.63, 3.8) is 0 Å². The fourth-order valence-electron chi connectivity index (χ4n) is 1.89. The summed E-state index contributed by atoms with van der Waals surface area (Å²) in [6.45, 7) is 7.63. The van der Waals surface area contributed by atoms with Gasteiger partial charge in [0.15, 0.2) is 0 Å². The molecule has 1 atom stereocenters. The molecule has 14 heavy (non-hydrogen) atoms. The minimum absolute atomic E-state index is 0.604. The van der Waals surface area contributed by atoms with Crippen molar-refractivity contribution in [2.45, 2.75) is 32.2 Å². The number of hydrogen-bond acceptors (Lipinski definition) is 3. The SMILES string of the molecule is CNCCCOCC(C)N1CCCC1. The van der Waals surface area contributed by atoms with Crippen LogP contribution in [0.1, 0.15) is 26.2 Å². The molecule has 0 spiro atoms. The normalized spacial score (nSPS) is 20.1. The zero-order chi connectivity index (χ0) is 10.2. The third-order valence-electron chi connectivity index (χ3n) is 2.84. The van der Waals surface area contributed by atoms with Gasteiger partial charge in [0.1, 0.15) is 0 Å². The monoisotopic (exact) mass is 200 g/mol. The first-order valence-electron chi connectivity index (χ1n) is 5.81. The molecule has 1 aliphatic heterocycles. The van der Waals surface area contributed by atoms with E-state index in [0.717, 1.165) is 26.2 Å². The highest BCUT2D eigenvalue weighted by Crippen LogP contribution is 2.11. The lowest BCUT2D eigenvalue weighted by molar-refractivity contribution is 0.0751. The van der Waals surface area contributed by atoms with Crippen LogP contribution in [-0.2, 0) is 4.74 Å². The minimum atomic E-state index is 0.604. The Morgan fingerprint density at radius 1 is 1.36 bits per heavy atom. The summed E-state index contributed by atoms with van der Waals surface area (Å²) in [5.41, 5.74) is 0. The van der Waals surface area contributed by atoms with E-state index in [1.165, 1.54) is 25.9 Å². The molecular weight excluding hydrogens is 176 g/mol. The molecule has 0 aromatic rings. The third kappa shape index (κ3) is 4.40. The van der Waals surface area contributed by atoms with E-state index in [4.69, 9.17) is 4.74 Å². The molecule has 1 saturated heterocycles. The molecule has 1 unspecified atom stereocenters. The van der Waals surface area contributed by atoms with Crippen LogP contribution in [0.15, 0.2) is 0 Å².